The first-order valence-corrected chi connectivity index (χ1v) is 12.8. The van der Waals surface area contributed by atoms with Crippen molar-refractivity contribution in [1.82, 2.24) is 0 Å². The summed E-state index contributed by atoms with van der Waals surface area (Å²) in [5.74, 6) is -2.08. The molecule has 37 heavy (non-hydrogen) atoms. The number of carboxylic acids is 1. The fourth-order valence-electron chi connectivity index (χ4n) is 5.64. The Labute approximate surface area is 215 Å². The second-order valence-electron chi connectivity index (χ2n) is 10.7. The van der Waals surface area contributed by atoms with E-state index < -0.39 is 48.2 Å². The number of aliphatic hydroxyl groups is 3. The maximum absolute atomic E-state index is 13.0. The number of hydrogen-bond donors (Lipinski definition) is 5. The highest BCUT2D eigenvalue weighted by molar-refractivity contribution is 5.89. The van der Waals surface area contributed by atoms with E-state index in [-0.39, 0.29) is 23.2 Å². The van der Waals surface area contributed by atoms with Gasteiger partial charge in [-0.15, -0.1) is 0 Å². The van der Waals surface area contributed by atoms with Crippen molar-refractivity contribution in [3.63, 3.8) is 0 Å². The number of aryl methyl sites for hydroxylation is 1. The molecule has 10 heteroatoms. The Bertz CT molecular complexity index is 1060. The lowest BCUT2D eigenvalue weighted by Crippen LogP contribution is -2.60. The maximum Gasteiger partial charge on any atom is 0.336 e. The number of phenols is 1. The van der Waals surface area contributed by atoms with Gasteiger partial charge in [-0.25, -0.2) is 9.59 Å². The fraction of sp³-hybridized carbons (Fsp3) is 0.630. The molecule has 7 atom stereocenters. The van der Waals surface area contributed by atoms with E-state index in [1.54, 1.807) is 12.1 Å². The van der Waals surface area contributed by atoms with Crippen LogP contribution in [0.15, 0.2) is 23.8 Å². The van der Waals surface area contributed by atoms with Gasteiger partial charge >= 0.3 is 11.9 Å². The van der Waals surface area contributed by atoms with Crippen LogP contribution < -0.4 is 4.74 Å². The van der Waals surface area contributed by atoms with Crippen LogP contribution in [0.2, 0.25) is 0 Å². The third-order valence-electron chi connectivity index (χ3n) is 7.69. The first-order chi connectivity index (χ1) is 17.4. The van der Waals surface area contributed by atoms with E-state index in [2.05, 4.69) is 6.92 Å². The molecular formula is C27H36O10. The standard InChI is InChI=1S/C27H36O10/c1-4-5-6-7-13-10-17(28)19-15-12-14(8-9-16(15)27(2,3)37-18(19)11-13)25(34)36-26-22(31)20(29)21(30)23(35-26)24(32)33/h10-12,15-16,20-23,26,28-31H,4-9H2,1-3H3,(H,32,33)/t15-,16-,20+,21+,22+,23+,26+/m1/s1. The highest BCUT2D eigenvalue weighted by Gasteiger charge is 2.50. The Hall–Kier alpha value is -2.66. The van der Waals surface area contributed by atoms with Gasteiger partial charge in [-0.2, -0.15) is 0 Å². The molecule has 0 spiro atoms. The van der Waals surface area contributed by atoms with Crippen LogP contribution in [0.1, 0.15) is 69.9 Å². The second-order valence-corrected chi connectivity index (χ2v) is 10.7. The zero-order valence-corrected chi connectivity index (χ0v) is 21.3. The lowest BCUT2D eigenvalue weighted by atomic mass is 9.67. The lowest BCUT2D eigenvalue weighted by Gasteiger charge is -2.46. The van der Waals surface area contributed by atoms with Gasteiger partial charge in [0.1, 0.15) is 35.4 Å². The van der Waals surface area contributed by atoms with Crippen LogP contribution >= 0.6 is 0 Å². The second kappa shape index (κ2) is 10.6. The first-order valence-electron chi connectivity index (χ1n) is 12.8. The van der Waals surface area contributed by atoms with Crippen LogP contribution in [0.4, 0.5) is 0 Å². The number of aliphatic carboxylic acids is 1. The molecule has 4 rings (SSSR count). The van der Waals surface area contributed by atoms with Gasteiger partial charge in [-0.3, -0.25) is 0 Å². The van der Waals surface area contributed by atoms with E-state index in [4.69, 9.17) is 14.2 Å². The number of esters is 1. The molecule has 2 heterocycles. The molecule has 1 fully saturated rings. The molecule has 0 amide bonds. The van der Waals surface area contributed by atoms with Gasteiger partial charge in [-0.05, 0) is 57.2 Å². The molecule has 1 aromatic rings. The normalized spacial score (nSPS) is 32.4. The molecule has 10 nitrogen and oxygen atoms in total. The van der Waals surface area contributed by atoms with Gasteiger partial charge in [0, 0.05) is 23.0 Å². The Kier molecular flexibility index (Phi) is 7.85. The number of carbonyl (C=O) groups excluding carboxylic acids is 1. The number of benzene rings is 1. The highest BCUT2D eigenvalue weighted by Crippen LogP contribution is 2.53. The molecule has 0 aromatic heterocycles. The first kappa shape index (κ1) is 27.4. The minimum Gasteiger partial charge on any atom is -0.507 e. The number of fused-ring (bicyclic) bond motifs is 3. The van der Waals surface area contributed by atoms with Gasteiger partial charge in [0.2, 0.25) is 6.29 Å². The van der Waals surface area contributed by atoms with Crippen LogP contribution in [0, 0.1) is 5.92 Å². The molecule has 2 aliphatic heterocycles. The summed E-state index contributed by atoms with van der Waals surface area (Å²) in [5, 5.41) is 50.3. The zero-order chi connectivity index (χ0) is 27.1. The van der Waals surface area contributed by atoms with E-state index >= 15 is 0 Å². The summed E-state index contributed by atoms with van der Waals surface area (Å²) in [6, 6.07) is 3.70. The van der Waals surface area contributed by atoms with Gasteiger partial charge in [0.25, 0.3) is 0 Å². The number of hydrogen-bond acceptors (Lipinski definition) is 9. The smallest absolute Gasteiger partial charge is 0.336 e. The largest absolute Gasteiger partial charge is 0.507 e. The summed E-state index contributed by atoms with van der Waals surface area (Å²) >= 11 is 0. The number of carboxylic acid groups (broad SMARTS) is 1. The number of aliphatic hydroxyl groups excluding tert-OH is 3. The Morgan fingerprint density at radius 3 is 2.51 bits per heavy atom. The van der Waals surface area contributed by atoms with Crippen molar-refractivity contribution >= 4 is 11.9 Å². The molecule has 1 saturated heterocycles. The molecule has 3 aliphatic rings. The molecule has 0 radical (unpaired) electrons. The Morgan fingerprint density at radius 1 is 1.11 bits per heavy atom. The van der Waals surface area contributed by atoms with Crippen molar-refractivity contribution in [2.45, 2.75) is 102 Å². The summed E-state index contributed by atoms with van der Waals surface area (Å²) in [7, 11) is 0. The van der Waals surface area contributed by atoms with Crippen LogP contribution in [0.5, 0.6) is 11.5 Å². The summed E-state index contributed by atoms with van der Waals surface area (Å²) in [6.45, 7) is 6.10. The Morgan fingerprint density at radius 2 is 1.84 bits per heavy atom. The highest BCUT2D eigenvalue weighted by atomic mass is 16.7. The number of carbonyl (C=O) groups is 2. The third-order valence-corrected chi connectivity index (χ3v) is 7.69. The maximum atomic E-state index is 13.0. The van der Waals surface area contributed by atoms with Crippen molar-refractivity contribution in [3.8, 4) is 11.5 Å². The summed E-state index contributed by atoms with van der Waals surface area (Å²) in [5.41, 5.74) is 1.30. The summed E-state index contributed by atoms with van der Waals surface area (Å²) in [4.78, 5) is 24.4. The van der Waals surface area contributed by atoms with E-state index in [0.717, 1.165) is 31.2 Å². The van der Waals surface area contributed by atoms with Crippen molar-refractivity contribution in [1.29, 1.82) is 0 Å². The van der Waals surface area contributed by atoms with E-state index in [1.165, 1.54) is 0 Å². The Balaban J connectivity index is 1.59. The number of rotatable bonds is 7. The SMILES string of the molecule is CCCCCc1cc(O)c2c(c1)OC(C)(C)[C@@H]1CCC(C(=O)O[C@@H]3O[C@H](C(=O)O)[C@@H](O)[C@H](O)[C@@H]3O)=C[C@@H]21. The van der Waals surface area contributed by atoms with Gasteiger partial charge in [0.15, 0.2) is 6.10 Å². The molecular weight excluding hydrogens is 484 g/mol. The summed E-state index contributed by atoms with van der Waals surface area (Å²) < 4.78 is 16.7. The average molecular weight is 521 g/mol. The van der Waals surface area contributed by atoms with Gasteiger partial charge in [0.05, 0.1) is 0 Å². The third kappa shape index (κ3) is 5.34. The molecule has 1 aromatic carbocycles. The monoisotopic (exact) mass is 520 g/mol. The van der Waals surface area contributed by atoms with Crippen molar-refractivity contribution in [3.05, 3.63) is 34.9 Å². The quantitative estimate of drug-likeness (QED) is 0.266. The van der Waals surface area contributed by atoms with Crippen molar-refractivity contribution < 1.29 is 49.3 Å². The van der Waals surface area contributed by atoms with Crippen LogP contribution in [-0.2, 0) is 25.5 Å². The van der Waals surface area contributed by atoms with Crippen LogP contribution in [0.3, 0.4) is 0 Å². The van der Waals surface area contributed by atoms with E-state index in [9.17, 15) is 35.1 Å². The molecule has 204 valence electrons. The molecule has 0 bridgehead atoms. The predicted octanol–water partition coefficient (Wildman–Crippen LogP) is 2.15. The minimum absolute atomic E-state index is 0.0294. The van der Waals surface area contributed by atoms with Crippen molar-refractivity contribution in [2.75, 3.05) is 0 Å². The molecule has 5 N–H and O–H groups in total. The molecule has 0 unspecified atom stereocenters. The van der Waals surface area contributed by atoms with Gasteiger partial charge in [-0.1, -0.05) is 25.8 Å². The zero-order valence-electron chi connectivity index (χ0n) is 21.3. The molecule has 1 aliphatic carbocycles. The number of allylic oxidation sites excluding steroid dienone is 1. The fourth-order valence-corrected chi connectivity index (χ4v) is 5.64. The van der Waals surface area contributed by atoms with Crippen molar-refractivity contribution in [2.24, 2.45) is 5.92 Å². The number of unbranched alkanes of at least 4 members (excludes halogenated alkanes) is 2. The predicted molar refractivity (Wildman–Crippen MR) is 130 cm³/mol. The number of phenolic OH excluding ortho intramolecular Hbond substituents is 1. The number of aromatic hydroxyl groups is 1. The average Bonchev–Trinajstić information content (AvgIpc) is 2.83. The molecule has 0 saturated carbocycles. The van der Waals surface area contributed by atoms with E-state index in [0.29, 0.717) is 24.2 Å². The topological polar surface area (TPSA) is 163 Å². The van der Waals surface area contributed by atoms with Crippen LogP contribution in [0.25, 0.3) is 0 Å². The number of ether oxygens (including phenoxy) is 3. The van der Waals surface area contributed by atoms with Gasteiger partial charge < -0.3 is 39.7 Å². The van der Waals surface area contributed by atoms with Crippen LogP contribution in [-0.4, -0.2) is 73.8 Å². The summed E-state index contributed by atoms with van der Waals surface area (Å²) in [6.07, 6.45) is -2.61. The van der Waals surface area contributed by atoms with E-state index in [1.807, 2.05) is 19.9 Å². The lowest BCUT2D eigenvalue weighted by molar-refractivity contribution is -0.285. The minimum atomic E-state index is -1.88.